The average molecular weight is 281 g/mol. The van der Waals surface area contributed by atoms with E-state index in [0.29, 0.717) is 18.7 Å². The lowest BCUT2D eigenvalue weighted by Gasteiger charge is -2.17. The number of hydrogen-bond acceptors (Lipinski definition) is 3. The smallest absolute Gasteiger partial charge is 0.221 e. The van der Waals surface area contributed by atoms with Gasteiger partial charge in [-0.25, -0.2) is 4.39 Å². The Bertz CT molecular complexity index is 521. The quantitative estimate of drug-likeness (QED) is 0.800. The predicted octanol–water partition coefficient (Wildman–Crippen LogP) is 0.767. The molecule has 4 N–H and O–H groups in total. The van der Waals surface area contributed by atoms with Gasteiger partial charge < -0.3 is 11.5 Å². The monoisotopic (exact) mass is 281 g/mol. The lowest BCUT2D eigenvalue weighted by atomic mass is 10.1. The fourth-order valence-electron chi connectivity index (χ4n) is 2.37. The zero-order valence-corrected chi connectivity index (χ0v) is 11.3. The number of rotatable bonds is 4. The molecule has 1 unspecified atom stereocenters. The van der Waals surface area contributed by atoms with Crippen LogP contribution in [-0.4, -0.2) is 28.9 Å². The van der Waals surface area contributed by atoms with Crippen LogP contribution in [0.5, 0.6) is 0 Å². The van der Waals surface area contributed by atoms with E-state index in [1.165, 1.54) is 12.1 Å². The molecule has 0 aromatic heterocycles. The van der Waals surface area contributed by atoms with E-state index in [4.69, 9.17) is 23.7 Å². The molecular weight excluding hydrogens is 265 g/mol. The molecule has 1 heterocycles. The molecule has 1 saturated heterocycles. The topological polar surface area (TPSA) is 72.4 Å². The van der Waals surface area contributed by atoms with Crippen molar-refractivity contribution in [3.8, 4) is 0 Å². The van der Waals surface area contributed by atoms with Crippen LogP contribution in [0.15, 0.2) is 18.2 Å². The van der Waals surface area contributed by atoms with E-state index in [-0.39, 0.29) is 22.6 Å². The molecule has 1 aliphatic rings. The third-order valence-electron chi connectivity index (χ3n) is 3.41. The number of likely N-dealkylation sites (tertiary alicyclic amines) is 1. The third-order valence-corrected chi connectivity index (χ3v) is 3.63. The Morgan fingerprint density at radius 3 is 2.79 bits per heavy atom. The Labute approximate surface area is 116 Å². The number of amides is 1. The molecule has 0 bridgehead atoms. The van der Waals surface area contributed by atoms with Gasteiger partial charge in [0.15, 0.2) is 0 Å². The van der Waals surface area contributed by atoms with Gasteiger partial charge in [0.05, 0.1) is 5.92 Å². The Hall–Kier alpha value is -1.53. The molecule has 0 saturated carbocycles. The number of benzene rings is 1. The predicted molar refractivity (Wildman–Crippen MR) is 74.9 cm³/mol. The minimum absolute atomic E-state index is 0.103. The van der Waals surface area contributed by atoms with Crippen LogP contribution in [0.1, 0.15) is 17.5 Å². The minimum atomic E-state index is -0.358. The third kappa shape index (κ3) is 3.27. The fraction of sp³-hybridized carbons (Fsp3) is 0.385. The summed E-state index contributed by atoms with van der Waals surface area (Å²) in [4.78, 5) is 13.4. The van der Waals surface area contributed by atoms with Crippen molar-refractivity contribution in [1.82, 2.24) is 4.90 Å². The zero-order valence-electron chi connectivity index (χ0n) is 10.4. The normalized spacial score (nSPS) is 19.5. The summed E-state index contributed by atoms with van der Waals surface area (Å²) >= 11 is 4.93. The van der Waals surface area contributed by atoms with Crippen molar-refractivity contribution in [2.75, 3.05) is 13.1 Å². The van der Waals surface area contributed by atoms with E-state index >= 15 is 0 Å². The summed E-state index contributed by atoms with van der Waals surface area (Å²) in [6, 6.07) is 4.42. The van der Waals surface area contributed by atoms with Gasteiger partial charge >= 0.3 is 0 Å². The summed E-state index contributed by atoms with van der Waals surface area (Å²) < 4.78 is 13.2. The molecule has 102 valence electrons. The van der Waals surface area contributed by atoms with Crippen LogP contribution in [0.3, 0.4) is 0 Å². The van der Waals surface area contributed by atoms with Gasteiger partial charge in [0.1, 0.15) is 10.8 Å². The zero-order chi connectivity index (χ0) is 14.0. The number of hydrogen-bond donors (Lipinski definition) is 2. The SMILES string of the molecule is NC(=O)C1CCN(Cc2ccc(F)cc2C(N)=S)C1. The average Bonchev–Trinajstić information content (AvgIpc) is 2.80. The lowest BCUT2D eigenvalue weighted by molar-refractivity contribution is -0.121. The van der Waals surface area contributed by atoms with Crippen molar-refractivity contribution >= 4 is 23.1 Å². The molecule has 19 heavy (non-hydrogen) atoms. The first-order valence-electron chi connectivity index (χ1n) is 6.07. The van der Waals surface area contributed by atoms with Crippen LogP contribution < -0.4 is 11.5 Å². The molecule has 1 aromatic rings. The molecule has 6 heteroatoms. The first-order chi connectivity index (χ1) is 8.97. The van der Waals surface area contributed by atoms with Gasteiger partial charge in [-0.1, -0.05) is 18.3 Å². The van der Waals surface area contributed by atoms with Gasteiger partial charge in [-0.3, -0.25) is 9.69 Å². The van der Waals surface area contributed by atoms with Gasteiger partial charge in [0, 0.05) is 18.7 Å². The Kier molecular flexibility index (Phi) is 4.11. The van der Waals surface area contributed by atoms with Crippen molar-refractivity contribution in [3.05, 3.63) is 35.1 Å². The van der Waals surface area contributed by atoms with E-state index in [2.05, 4.69) is 4.90 Å². The van der Waals surface area contributed by atoms with Crippen LogP contribution in [0, 0.1) is 11.7 Å². The molecule has 1 aliphatic heterocycles. The van der Waals surface area contributed by atoms with Crippen molar-refractivity contribution in [2.24, 2.45) is 17.4 Å². The summed E-state index contributed by atoms with van der Waals surface area (Å²) in [6.07, 6.45) is 0.763. The molecule has 1 atom stereocenters. The molecule has 0 spiro atoms. The first-order valence-corrected chi connectivity index (χ1v) is 6.48. The summed E-state index contributed by atoms with van der Waals surface area (Å²) in [6.45, 7) is 2.02. The van der Waals surface area contributed by atoms with E-state index in [1.54, 1.807) is 6.07 Å². The van der Waals surface area contributed by atoms with Crippen LogP contribution in [0.2, 0.25) is 0 Å². The van der Waals surface area contributed by atoms with Gasteiger partial charge in [0.2, 0.25) is 5.91 Å². The largest absolute Gasteiger partial charge is 0.389 e. The van der Waals surface area contributed by atoms with Gasteiger partial charge in [-0.05, 0) is 30.7 Å². The van der Waals surface area contributed by atoms with Crippen LogP contribution in [-0.2, 0) is 11.3 Å². The number of nitrogens with zero attached hydrogens (tertiary/aromatic N) is 1. The number of primary amides is 1. The van der Waals surface area contributed by atoms with E-state index < -0.39 is 0 Å². The van der Waals surface area contributed by atoms with Crippen LogP contribution in [0.25, 0.3) is 0 Å². The maximum absolute atomic E-state index is 13.2. The number of thiocarbonyl (C=S) groups is 1. The van der Waals surface area contributed by atoms with Crippen molar-refractivity contribution < 1.29 is 9.18 Å². The molecule has 1 amide bonds. The summed E-state index contributed by atoms with van der Waals surface area (Å²) in [7, 11) is 0. The first kappa shape index (κ1) is 13.9. The van der Waals surface area contributed by atoms with Gasteiger partial charge in [-0.2, -0.15) is 0 Å². The van der Waals surface area contributed by atoms with E-state index in [1.807, 2.05) is 0 Å². The number of carbonyl (C=O) groups excluding carboxylic acids is 1. The van der Waals surface area contributed by atoms with E-state index in [9.17, 15) is 9.18 Å². The van der Waals surface area contributed by atoms with Crippen LogP contribution >= 0.6 is 12.2 Å². The van der Waals surface area contributed by atoms with Crippen molar-refractivity contribution in [3.63, 3.8) is 0 Å². The highest BCUT2D eigenvalue weighted by molar-refractivity contribution is 7.80. The second kappa shape index (κ2) is 5.63. The van der Waals surface area contributed by atoms with Gasteiger partial charge in [0.25, 0.3) is 0 Å². The highest BCUT2D eigenvalue weighted by Gasteiger charge is 2.26. The lowest BCUT2D eigenvalue weighted by Crippen LogP contribution is -2.28. The second-order valence-electron chi connectivity index (χ2n) is 4.79. The van der Waals surface area contributed by atoms with Gasteiger partial charge in [-0.15, -0.1) is 0 Å². The minimum Gasteiger partial charge on any atom is -0.389 e. The Morgan fingerprint density at radius 1 is 1.47 bits per heavy atom. The van der Waals surface area contributed by atoms with Crippen molar-refractivity contribution in [1.29, 1.82) is 0 Å². The standard InChI is InChI=1S/C13H16FN3OS/c14-10-2-1-8(11(5-10)13(16)19)6-17-4-3-9(7-17)12(15)18/h1-2,5,9H,3-4,6-7H2,(H2,15,18)(H2,16,19). The number of nitrogens with two attached hydrogens (primary N) is 2. The fourth-order valence-corrected chi connectivity index (χ4v) is 2.56. The maximum Gasteiger partial charge on any atom is 0.221 e. The number of carbonyl (C=O) groups is 1. The second-order valence-corrected chi connectivity index (χ2v) is 5.23. The molecule has 4 nitrogen and oxygen atoms in total. The summed E-state index contributed by atoms with van der Waals surface area (Å²) in [5.41, 5.74) is 12.3. The Balaban J connectivity index is 2.12. The summed E-state index contributed by atoms with van der Waals surface area (Å²) in [5.74, 6) is -0.729. The molecule has 0 radical (unpaired) electrons. The molecule has 0 aliphatic carbocycles. The molecule has 2 rings (SSSR count). The Morgan fingerprint density at radius 2 is 2.21 bits per heavy atom. The highest BCUT2D eigenvalue weighted by atomic mass is 32.1. The highest BCUT2D eigenvalue weighted by Crippen LogP contribution is 2.20. The molecular formula is C13H16FN3OS. The van der Waals surface area contributed by atoms with E-state index in [0.717, 1.165) is 18.5 Å². The van der Waals surface area contributed by atoms with Crippen molar-refractivity contribution in [2.45, 2.75) is 13.0 Å². The maximum atomic E-state index is 13.2. The summed E-state index contributed by atoms with van der Waals surface area (Å²) in [5, 5.41) is 0. The number of halogens is 1. The molecule has 1 aromatic carbocycles. The molecule has 1 fully saturated rings. The van der Waals surface area contributed by atoms with Crippen LogP contribution in [0.4, 0.5) is 4.39 Å².